The molecule has 0 saturated carbocycles. The van der Waals surface area contributed by atoms with Crippen molar-refractivity contribution in [3.05, 3.63) is 99.1 Å². The third-order valence-corrected chi connectivity index (χ3v) is 5.39. The standard InChI is InChI=1S/C22H16Cl3N3O3/c23-17-5-3-6-18(24)16(17)12-28-11-14(10-26-28)27-22(29)21-9-8-15(31-21)13-30-20-7-2-1-4-19(20)25/h1-11H,12-13H2,(H,27,29). The molecule has 6 nitrogen and oxygen atoms in total. The lowest BCUT2D eigenvalue weighted by Gasteiger charge is -2.06. The number of halogens is 3. The monoisotopic (exact) mass is 475 g/mol. The number of carbonyl (C=O) groups excluding carboxylic acids is 1. The molecule has 0 unspecified atom stereocenters. The first-order valence-electron chi connectivity index (χ1n) is 9.22. The predicted molar refractivity (Wildman–Crippen MR) is 120 cm³/mol. The van der Waals surface area contributed by atoms with Crippen LogP contribution in [0.4, 0.5) is 5.69 Å². The molecule has 4 rings (SSSR count). The summed E-state index contributed by atoms with van der Waals surface area (Å²) >= 11 is 18.5. The first kappa shape index (κ1) is 21.3. The lowest BCUT2D eigenvalue weighted by molar-refractivity contribution is 0.0992. The van der Waals surface area contributed by atoms with Crippen LogP contribution in [-0.2, 0) is 13.2 Å². The Labute approximate surface area is 193 Å². The Kier molecular flexibility index (Phi) is 6.51. The van der Waals surface area contributed by atoms with E-state index in [1.807, 2.05) is 12.1 Å². The van der Waals surface area contributed by atoms with Gasteiger partial charge in [-0.1, -0.05) is 53.0 Å². The molecule has 0 saturated heterocycles. The summed E-state index contributed by atoms with van der Waals surface area (Å²) in [4.78, 5) is 12.5. The molecule has 0 spiro atoms. The molecule has 2 heterocycles. The van der Waals surface area contributed by atoms with Gasteiger partial charge in [-0.3, -0.25) is 9.48 Å². The van der Waals surface area contributed by atoms with Crippen molar-refractivity contribution in [3.63, 3.8) is 0 Å². The third-order valence-electron chi connectivity index (χ3n) is 4.36. The van der Waals surface area contributed by atoms with Gasteiger partial charge in [-0.25, -0.2) is 0 Å². The average Bonchev–Trinajstić information content (AvgIpc) is 3.40. The van der Waals surface area contributed by atoms with Crippen molar-refractivity contribution in [3.8, 4) is 5.75 Å². The maximum atomic E-state index is 12.5. The molecule has 0 aliphatic rings. The van der Waals surface area contributed by atoms with Crippen molar-refractivity contribution in [2.45, 2.75) is 13.2 Å². The molecule has 1 amide bonds. The number of ether oxygens (including phenoxy) is 1. The normalized spacial score (nSPS) is 10.8. The Balaban J connectivity index is 1.36. The van der Waals surface area contributed by atoms with E-state index in [9.17, 15) is 4.79 Å². The minimum Gasteiger partial charge on any atom is -0.484 e. The number of amides is 1. The van der Waals surface area contributed by atoms with E-state index < -0.39 is 5.91 Å². The zero-order valence-corrected chi connectivity index (χ0v) is 18.3. The topological polar surface area (TPSA) is 69.3 Å². The second-order valence-electron chi connectivity index (χ2n) is 6.57. The number of benzene rings is 2. The fourth-order valence-electron chi connectivity index (χ4n) is 2.84. The number of nitrogens with zero attached hydrogens (tertiary/aromatic N) is 2. The van der Waals surface area contributed by atoms with Crippen LogP contribution in [0.25, 0.3) is 0 Å². The Morgan fingerprint density at radius 1 is 1.00 bits per heavy atom. The number of para-hydroxylation sites is 1. The zero-order chi connectivity index (χ0) is 21.8. The summed E-state index contributed by atoms with van der Waals surface area (Å²) < 4.78 is 12.8. The smallest absolute Gasteiger partial charge is 0.291 e. The van der Waals surface area contributed by atoms with E-state index in [1.165, 1.54) is 6.20 Å². The summed E-state index contributed by atoms with van der Waals surface area (Å²) in [5.74, 6) is 0.783. The molecule has 0 aliphatic heterocycles. The highest BCUT2D eigenvalue weighted by molar-refractivity contribution is 6.36. The van der Waals surface area contributed by atoms with E-state index in [-0.39, 0.29) is 12.4 Å². The SMILES string of the molecule is O=C(Nc1cnn(Cc2c(Cl)cccc2Cl)c1)c1ccc(COc2ccccc2Cl)o1. The number of hydrogen-bond acceptors (Lipinski definition) is 4. The second kappa shape index (κ2) is 9.47. The number of hydrogen-bond donors (Lipinski definition) is 1. The van der Waals surface area contributed by atoms with Crippen LogP contribution in [0.1, 0.15) is 21.9 Å². The molecule has 9 heteroatoms. The molecule has 0 bridgehead atoms. The van der Waals surface area contributed by atoms with Gasteiger partial charge in [-0.15, -0.1) is 0 Å². The van der Waals surface area contributed by atoms with Gasteiger partial charge in [0.15, 0.2) is 5.76 Å². The quantitative estimate of drug-likeness (QED) is 0.339. The Hall–Kier alpha value is -2.93. The largest absolute Gasteiger partial charge is 0.484 e. The minimum absolute atomic E-state index is 0.146. The molecule has 1 N–H and O–H groups in total. The summed E-state index contributed by atoms with van der Waals surface area (Å²) in [6.45, 7) is 0.520. The van der Waals surface area contributed by atoms with Crippen molar-refractivity contribution >= 4 is 46.4 Å². The lowest BCUT2D eigenvalue weighted by atomic mass is 10.2. The van der Waals surface area contributed by atoms with Crippen LogP contribution in [-0.4, -0.2) is 15.7 Å². The fraction of sp³-hybridized carbons (Fsp3) is 0.0909. The lowest BCUT2D eigenvalue weighted by Crippen LogP contribution is -2.10. The maximum absolute atomic E-state index is 12.5. The van der Waals surface area contributed by atoms with E-state index in [1.54, 1.807) is 53.3 Å². The Morgan fingerprint density at radius 2 is 1.74 bits per heavy atom. The molecule has 0 fully saturated rings. The van der Waals surface area contributed by atoms with E-state index in [4.69, 9.17) is 44.0 Å². The number of aromatic nitrogens is 2. The van der Waals surface area contributed by atoms with Crippen molar-refractivity contribution in [1.29, 1.82) is 0 Å². The molecular formula is C22H16Cl3N3O3. The van der Waals surface area contributed by atoms with Gasteiger partial charge in [-0.2, -0.15) is 5.10 Å². The summed E-state index contributed by atoms with van der Waals surface area (Å²) in [5, 5.41) is 8.59. The van der Waals surface area contributed by atoms with Gasteiger partial charge in [0, 0.05) is 21.8 Å². The van der Waals surface area contributed by atoms with Gasteiger partial charge >= 0.3 is 0 Å². The van der Waals surface area contributed by atoms with Crippen LogP contribution >= 0.6 is 34.8 Å². The highest BCUT2D eigenvalue weighted by atomic mass is 35.5. The number of nitrogens with one attached hydrogen (secondary N) is 1. The Morgan fingerprint density at radius 3 is 2.52 bits per heavy atom. The van der Waals surface area contributed by atoms with E-state index in [2.05, 4.69) is 10.4 Å². The summed E-state index contributed by atoms with van der Waals surface area (Å²) in [6, 6.07) is 15.7. The molecule has 158 valence electrons. The van der Waals surface area contributed by atoms with Crippen LogP contribution in [0.2, 0.25) is 15.1 Å². The van der Waals surface area contributed by atoms with E-state index in [0.717, 1.165) is 5.56 Å². The number of anilines is 1. The number of rotatable bonds is 7. The van der Waals surface area contributed by atoms with E-state index in [0.29, 0.717) is 38.8 Å². The van der Waals surface area contributed by atoms with Crippen molar-refractivity contribution in [2.75, 3.05) is 5.32 Å². The molecular weight excluding hydrogens is 461 g/mol. The second-order valence-corrected chi connectivity index (χ2v) is 7.79. The van der Waals surface area contributed by atoms with Crippen molar-refractivity contribution < 1.29 is 13.9 Å². The third kappa shape index (κ3) is 5.22. The van der Waals surface area contributed by atoms with Crippen molar-refractivity contribution in [1.82, 2.24) is 9.78 Å². The van der Waals surface area contributed by atoms with Gasteiger partial charge in [-0.05, 0) is 36.4 Å². The highest BCUT2D eigenvalue weighted by Crippen LogP contribution is 2.26. The summed E-state index contributed by atoms with van der Waals surface area (Å²) in [5.41, 5.74) is 1.26. The van der Waals surface area contributed by atoms with Gasteiger partial charge in [0.1, 0.15) is 18.1 Å². The van der Waals surface area contributed by atoms with Crippen LogP contribution in [0, 0.1) is 0 Å². The first-order chi connectivity index (χ1) is 15.0. The first-order valence-corrected chi connectivity index (χ1v) is 10.4. The molecule has 4 aromatic rings. The maximum Gasteiger partial charge on any atom is 0.291 e. The number of furan rings is 1. The van der Waals surface area contributed by atoms with Crippen LogP contribution in [0.5, 0.6) is 5.75 Å². The molecule has 2 aromatic heterocycles. The highest BCUT2D eigenvalue weighted by Gasteiger charge is 2.14. The number of carbonyl (C=O) groups is 1. The van der Waals surface area contributed by atoms with Gasteiger partial charge in [0.25, 0.3) is 5.91 Å². The zero-order valence-electron chi connectivity index (χ0n) is 16.0. The van der Waals surface area contributed by atoms with Gasteiger partial charge < -0.3 is 14.5 Å². The summed E-state index contributed by atoms with van der Waals surface area (Å²) in [7, 11) is 0. The molecule has 0 radical (unpaired) electrons. The van der Waals surface area contributed by atoms with Crippen LogP contribution in [0.3, 0.4) is 0 Å². The molecule has 0 aliphatic carbocycles. The van der Waals surface area contributed by atoms with Gasteiger partial charge in [0.05, 0.1) is 23.5 Å². The average molecular weight is 477 g/mol. The Bertz CT molecular complexity index is 1200. The molecule has 0 atom stereocenters. The van der Waals surface area contributed by atoms with Crippen LogP contribution < -0.4 is 10.1 Å². The van der Waals surface area contributed by atoms with Crippen molar-refractivity contribution in [2.24, 2.45) is 0 Å². The fourth-order valence-corrected chi connectivity index (χ4v) is 3.55. The van der Waals surface area contributed by atoms with Gasteiger partial charge in [0.2, 0.25) is 0 Å². The predicted octanol–water partition coefficient (Wildman–Crippen LogP) is 6.32. The van der Waals surface area contributed by atoms with E-state index >= 15 is 0 Å². The minimum atomic E-state index is -0.403. The summed E-state index contributed by atoms with van der Waals surface area (Å²) in [6.07, 6.45) is 3.22. The van der Waals surface area contributed by atoms with Crippen LogP contribution in [0.15, 0.2) is 71.4 Å². The molecule has 31 heavy (non-hydrogen) atoms. The molecule has 2 aromatic carbocycles.